The zero-order valence-corrected chi connectivity index (χ0v) is 69.9. The van der Waals surface area contributed by atoms with Gasteiger partial charge in [0.15, 0.2) is 28.8 Å². The first-order valence-electron chi connectivity index (χ1n) is 38.0. The van der Waals surface area contributed by atoms with E-state index in [4.69, 9.17) is 80.1 Å². The van der Waals surface area contributed by atoms with Gasteiger partial charge in [0.25, 0.3) is 52.9 Å². The molecule has 5 heterocycles. The van der Waals surface area contributed by atoms with Gasteiger partial charge < -0.3 is 64.6 Å². The van der Waals surface area contributed by atoms with Crippen molar-refractivity contribution in [1.82, 2.24) is 5.32 Å². The first kappa shape index (κ1) is 87.5. The molecule has 0 spiro atoms. The van der Waals surface area contributed by atoms with Crippen LogP contribution in [0.3, 0.4) is 0 Å². The second kappa shape index (κ2) is 40.8. The molecule has 0 saturated heterocycles. The summed E-state index contributed by atoms with van der Waals surface area (Å²) in [6, 6.07) is 85.1. The largest absolute Gasteiger partial charge is 0.459 e. The molecular formula is C96H70Cl5N9O15. The number of carbonyl (C=O) groups is 8. The molecule has 8 amide bonds. The molecule has 0 aliphatic heterocycles. The van der Waals surface area contributed by atoms with E-state index in [0.717, 1.165) is 43.8 Å². The number of furan rings is 5. The normalized spacial score (nSPS) is 10.6. The third kappa shape index (κ3) is 23.5. The summed E-state index contributed by atoms with van der Waals surface area (Å²) in [5, 5.41) is 39.8. The van der Waals surface area contributed by atoms with Gasteiger partial charge in [0.1, 0.15) is 16.7 Å². The highest BCUT2D eigenvalue weighted by Crippen LogP contribution is 2.32. The number of anilines is 7. The molecule has 0 aliphatic rings. The summed E-state index contributed by atoms with van der Waals surface area (Å²) in [5.41, 5.74) is 10.7. The van der Waals surface area contributed by atoms with Crippen LogP contribution in [0.5, 0.6) is 0 Å². The average Bonchev–Trinajstić information content (AvgIpc) is 1.65. The van der Waals surface area contributed by atoms with Crippen molar-refractivity contribution in [3.05, 3.63) is 413 Å². The van der Waals surface area contributed by atoms with Gasteiger partial charge in [0.2, 0.25) is 0 Å². The number of halogens is 5. The molecule has 0 saturated carbocycles. The van der Waals surface area contributed by atoms with E-state index in [1.165, 1.54) is 42.9 Å². The SMILES string of the molecule is Cc1ccc(C(=O)Nc2ccc(NC(=O)c3ccco3)c(C)c2)c(Cl)c1.Cc1cccc(NC(=O)c2cc3cc([N+](=O)[O-])ccc3o2)c1.O=C(Nc1ccc(Cl)cc1)c1cc2c(ccc3ccccc32)o1.O=C(Nc1ccc(NC(=O)c2ccc(Cl)cc2Cl)cc1)c1cc2ccccc2o1.O=C(Nc1ccccc1C(=O)NCc1ccc(Cl)cc1)c1ccco1. The molecule has 29 heteroatoms. The average molecular weight is 1770 g/mol. The fourth-order valence-corrected chi connectivity index (χ4v) is 13.4. The zero-order valence-electron chi connectivity index (χ0n) is 66.1. The van der Waals surface area contributed by atoms with Gasteiger partial charge in [-0.1, -0.05) is 149 Å². The van der Waals surface area contributed by atoms with Crippen molar-refractivity contribution in [2.45, 2.75) is 27.3 Å². The quantitative estimate of drug-likeness (QED) is 0.0292. The third-order valence-corrected chi connectivity index (χ3v) is 19.9. The lowest BCUT2D eigenvalue weighted by atomic mass is 10.1. The molecule has 0 bridgehead atoms. The van der Waals surface area contributed by atoms with Crippen LogP contribution in [0.2, 0.25) is 25.1 Å². The highest BCUT2D eigenvalue weighted by Gasteiger charge is 2.22. The molecule has 17 rings (SSSR count). The molecule has 125 heavy (non-hydrogen) atoms. The van der Waals surface area contributed by atoms with Crippen molar-refractivity contribution >= 4 is 194 Å². The Kier molecular flexibility index (Phi) is 28.6. The maximum atomic E-state index is 12.5. The highest BCUT2D eigenvalue weighted by atomic mass is 35.5. The van der Waals surface area contributed by atoms with E-state index in [1.54, 1.807) is 176 Å². The number of benzene rings is 12. The van der Waals surface area contributed by atoms with Gasteiger partial charge in [-0.05, 0) is 248 Å². The first-order valence-corrected chi connectivity index (χ1v) is 39.9. The summed E-state index contributed by atoms with van der Waals surface area (Å²) < 4.78 is 26.8. The third-order valence-electron chi connectivity index (χ3n) is 18.6. The number of nitro benzene ring substituents is 1. The van der Waals surface area contributed by atoms with E-state index in [2.05, 4.69) is 42.5 Å². The molecule has 0 fully saturated rings. The molecule has 0 aliphatic carbocycles. The Morgan fingerprint density at radius 2 is 0.800 bits per heavy atom. The lowest BCUT2D eigenvalue weighted by Gasteiger charge is -2.11. The Labute approximate surface area is 737 Å². The van der Waals surface area contributed by atoms with Crippen molar-refractivity contribution in [2.75, 3.05) is 37.2 Å². The summed E-state index contributed by atoms with van der Waals surface area (Å²) >= 11 is 29.7. The van der Waals surface area contributed by atoms with Crippen LogP contribution in [0.15, 0.2) is 332 Å². The molecule has 8 N–H and O–H groups in total. The van der Waals surface area contributed by atoms with Crippen molar-refractivity contribution in [1.29, 1.82) is 0 Å². The fourth-order valence-electron chi connectivity index (χ4n) is 12.3. The Bertz CT molecular complexity index is 6820. The van der Waals surface area contributed by atoms with Crippen LogP contribution in [0.25, 0.3) is 43.7 Å². The van der Waals surface area contributed by atoms with E-state index >= 15 is 0 Å². The van der Waals surface area contributed by atoms with Gasteiger partial charge in [0, 0.05) is 84.0 Å². The summed E-state index contributed by atoms with van der Waals surface area (Å²) in [5.74, 6) is -1.69. The number of nitrogens with one attached hydrogen (secondary N) is 8. The topological polar surface area (TPSA) is 342 Å². The zero-order chi connectivity index (χ0) is 88.2. The number of amides is 8. The minimum absolute atomic E-state index is 0.0426. The molecular weight excluding hydrogens is 1700 g/mol. The van der Waals surface area contributed by atoms with E-state index in [0.29, 0.717) is 105 Å². The second-order valence-corrected chi connectivity index (χ2v) is 29.8. The molecule has 12 aromatic carbocycles. The second-order valence-electron chi connectivity index (χ2n) is 27.6. The van der Waals surface area contributed by atoms with Crippen molar-refractivity contribution in [3.8, 4) is 0 Å². The maximum absolute atomic E-state index is 12.5. The van der Waals surface area contributed by atoms with Crippen molar-refractivity contribution in [2.24, 2.45) is 0 Å². The molecule has 0 atom stereocenters. The van der Waals surface area contributed by atoms with Crippen LogP contribution in [0, 0.1) is 30.9 Å². The number of hydrogen-bond donors (Lipinski definition) is 8. The Hall–Kier alpha value is -15.3. The van der Waals surface area contributed by atoms with Crippen LogP contribution in [-0.2, 0) is 6.54 Å². The van der Waals surface area contributed by atoms with Gasteiger partial charge in [-0.15, -0.1) is 0 Å². The predicted molar refractivity (Wildman–Crippen MR) is 488 cm³/mol. The Morgan fingerprint density at radius 1 is 0.320 bits per heavy atom. The minimum atomic E-state index is -0.487. The lowest BCUT2D eigenvalue weighted by Crippen LogP contribution is -2.24. The number of carbonyl (C=O) groups excluding carboxylic acids is 8. The van der Waals surface area contributed by atoms with Crippen LogP contribution in [-0.4, -0.2) is 52.2 Å². The maximum Gasteiger partial charge on any atom is 0.291 e. The highest BCUT2D eigenvalue weighted by molar-refractivity contribution is 6.37. The number of para-hydroxylation sites is 2. The summed E-state index contributed by atoms with van der Waals surface area (Å²) in [4.78, 5) is 109. The molecule has 0 unspecified atom stereocenters. The smallest absolute Gasteiger partial charge is 0.291 e. The molecule has 5 aromatic heterocycles. The number of hydrogen-bond acceptors (Lipinski definition) is 15. The number of fused-ring (bicyclic) bond motifs is 5. The van der Waals surface area contributed by atoms with E-state index < -0.39 is 16.7 Å². The van der Waals surface area contributed by atoms with Gasteiger partial charge in [-0.25, -0.2) is 0 Å². The van der Waals surface area contributed by atoms with E-state index in [9.17, 15) is 48.5 Å². The Balaban J connectivity index is 0.000000134. The van der Waals surface area contributed by atoms with Gasteiger partial charge in [0.05, 0.1) is 49.9 Å². The summed E-state index contributed by atoms with van der Waals surface area (Å²) in [6.45, 7) is 6.03. The molecule has 0 radical (unpaired) electrons. The summed E-state index contributed by atoms with van der Waals surface area (Å²) in [7, 11) is 0. The van der Waals surface area contributed by atoms with Gasteiger partial charge >= 0.3 is 0 Å². The lowest BCUT2D eigenvalue weighted by molar-refractivity contribution is -0.384. The summed E-state index contributed by atoms with van der Waals surface area (Å²) in [6.07, 6.45) is 2.86. The first-order chi connectivity index (χ1) is 60.3. The van der Waals surface area contributed by atoms with Crippen LogP contribution < -0.4 is 42.5 Å². The number of nitrogens with zero attached hydrogens (tertiary/aromatic N) is 1. The molecule has 17 aromatic rings. The fraction of sp³-hybridized carbons (Fsp3) is 0.0417. The number of non-ortho nitro benzene ring substituents is 1. The van der Waals surface area contributed by atoms with E-state index in [1.807, 2.05) is 112 Å². The van der Waals surface area contributed by atoms with Gasteiger partial charge in [-0.2, -0.15) is 0 Å². The minimum Gasteiger partial charge on any atom is -0.459 e. The van der Waals surface area contributed by atoms with Crippen LogP contribution >= 0.6 is 58.0 Å². The van der Waals surface area contributed by atoms with E-state index in [-0.39, 0.29) is 75.0 Å². The predicted octanol–water partition coefficient (Wildman–Crippen LogP) is 24.8. The molecule has 624 valence electrons. The monoisotopic (exact) mass is 1760 g/mol. The van der Waals surface area contributed by atoms with Crippen molar-refractivity contribution < 1.29 is 65.4 Å². The Morgan fingerprint density at radius 3 is 1.40 bits per heavy atom. The number of nitro groups is 1. The number of aryl methyl sites for hydroxylation is 3. The standard InChI is InChI=1S/C22H14Cl2N2O3.C20H17ClN2O3.C19H15ClN2O3.C19H12ClNO2.C16H12N2O4/c23-14-5-10-17(18(24)12-14)21(27)25-15-6-8-16(9-7-15)26-22(28)20-11-13-3-1-2-4-19(13)29-20;1-12-5-7-15(16(21)10-12)19(24)22-14-6-8-17(13(2)11-14)23-20(25)18-4-3-9-26-18;20-14-9-7-13(8-10-14)12-21-18(23)15-4-1-2-5-16(15)22-19(24)17-6-3-11-25-17;20-13-6-8-14(9-7-13)21-19(22)18-11-16-15-4-2-1-3-12(15)5-10-17(16)23-18;1-10-3-2-4-12(7-10)17-16(19)15-9-11-8-13(18(20)21)5-6-14(11)22-15/h1-12H,(H,25,27)(H,26,28);3-11H,1-2H3,(H,22,24)(H,23,25);1-11H,12H2,(H,21,23)(H,22,24);1-11H,(H,21,22);2-9H,1H3,(H,17,19). The number of rotatable bonds is 18. The molecule has 24 nitrogen and oxygen atoms in total. The van der Waals surface area contributed by atoms with Crippen LogP contribution in [0.1, 0.15) is 106 Å². The van der Waals surface area contributed by atoms with Crippen molar-refractivity contribution in [3.63, 3.8) is 0 Å². The van der Waals surface area contributed by atoms with Gasteiger partial charge in [-0.3, -0.25) is 48.5 Å². The van der Waals surface area contributed by atoms with Crippen LogP contribution in [0.4, 0.5) is 45.5 Å².